The van der Waals surface area contributed by atoms with E-state index in [1.807, 2.05) is 91.9 Å². The predicted octanol–water partition coefficient (Wildman–Crippen LogP) is 6.33. The van der Waals surface area contributed by atoms with Gasteiger partial charge in [-0.05, 0) is 117 Å². The average molecular weight is 1680 g/mol. The molecule has 0 radical (unpaired) electrons. The molecule has 117 heavy (non-hydrogen) atoms. The number of nitrogens with one attached hydrogen (secondary N) is 11. The summed E-state index contributed by atoms with van der Waals surface area (Å²) in [7, 11) is -4.25. The Morgan fingerprint density at radius 2 is 1.05 bits per heavy atom. The van der Waals surface area contributed by atoms with Crippen LogP contribution >= 0.6 is 35.1 Å². The highest BCUT2D eigenvalue weighted by Crippen LogP contribution is 2.24. The van der Waals surface area contributed by atoms with E-state index in [-0.39, 0.29) is 88.3 Å². The number of rotatable bonds is 46. The number of sulfonamides is 1. The first kappa shape index (κ1) is 91.0. The summed E-state index contributed by atoms with van der Waals surface area (Å²) in [6.45, 7) is 3.36. The fourth-order valence-corrected chi connectivity index (χ4v) is 15.4. The topological polar surface area (TPSA) is 440 Å². The molecule has 622 valence electrons. The quantitative estimate of drug-likeness (QED) is 0.0112. The number of nitrogens with two attached hydrogens (primary N) is 2. The van der Waals surface area contributed by atoms with Crippen LogP contribution in [0.2, 0.25) is 5.02 Å². The molecule has 1 fully saturated rings. The zero-order valence-corrected chi connectivity index (χ0v) is 68.3. The van der Waals surface area contributed by atoms with Gasteiger partial charge in [0.2, 0.25) is 65.0 Å². The van der Waals surface area contributed by atoms with E-state index in [0.717, 1.165) is 27.8 Å². The number of nitrogens with zero attached hydrogens (tertiary/aromatic N) is 1. The van der Waals surface area contributed by atoms with Gasteiger partial charge in [0.05, 0.1) is 17.9 Å². The number of carbonyl (C=O) groups is 11. The highest BCUT2D eigenvalue weighted by atomic mass is 35.5. The summed E-state index contributed by atoms with van der Waals surface area (Å²) < 4.78 is 40.1. The number of guanidine groups is 1. The average Bonchev–Trinajstić information content (AvgIpc) is 1.69. The molecule has 0 bridgehead atoms. The number of alkyl carbamates (subject to hydrolysis) is 1. The molecular weight excluding hydrogens is 1580 g/mol. The number of ether oxygens (including phenoxy) is 2. The number of aryl methyl sites for hydroxylation is 2. The molecule has 8 rings (SSSR count). The van der Waals surface area contributed by atoms with Crippen molar-refractivity contribution in [3.05, 3.63) is 238 Å². The third kappa shape index (κ3) is 31.9. The minimum atomic E-state index is -4.25. The Kier molecular flexibility index (Phi) is 37.0. The van der Waals surface area contributed by atoms with Crippen molar-refractivity contribution in [2.45, 2.75) is 156 Å². The predicted molar refractivity (Wildman–Crippen MR) is 448 cm³/mol. The molecule has 1 aliphatic heterocycles. The van der Waals surface area contributed by atoms with Gasteiger partial charge in [-0.3, -0.25) is 53.4 Å². The Bertz CT molecular complexity index is 4600. The van der Waals surface area contributed by atoms with Crippen LogP contribution in [0.3, 0.4) is 0 Å². The molecule has 7 atom stereocenters. The lowest BCUT2D eigenvalue weighted by molar-refractivity contribution is -0.142. The molecule has 11 amide bonds. The minimum Gasteiger partial charge on any atom is -0.489 e. The van der Waals surface area contributed by atoms with Crippen molar-refractivity contribution < 1.29 is 70.6 Å². The van der Waals surface area contributed by atoms with Gasteiger partial charge in [0, 0.05) is 72.5 Å². The lowest BCUT2D eigenvalue weighted by atomic mass is 10.0. The second kappa shape index (κ2) is 47.5. The van der Waals surface area contributed by atoms with E-state index < -0.39 is 136 Å². The molecule has 0 spiro atoms. The van der Waals surface area contributed by atoms with Crippen LogP contribution in [0, 0.1) is 19.3 Å². The van der Waals surface area contributed by atoms with E-state index in [1.54, 1.807) is 97.9 Å². The van der Waals surface area contributed by atoms with Crippen LogP contribution < -0.4 is 68.8 Å². The van der Waals surface area contributed by atoms with Crippen LogP contribution in [0.25, 0.3) is 0 Å². The summed E-state index contributed by atoms with van der Waals surface area (Å²) in [5.74, 6) is -7.33. The Hall–Kier alpha value is -11.5. The second-order valence-corrected chi connectivity index (χ2v) is 32.2. The van der Waals surface area contributed by atoms with Gasteiger partial charge < -0.3 is 73.7 Å². The van der Waals surface area contributed by atoms with Crippen molar-refractivity contribution in [1.82, 2.24) is 57.5 Å². The molecule has 33 heteroatoms. The third-order valence-electron chi connectivity index (χ3n) is 18.7. The number of unbranched alkanes of at least 4 members (excludes halogenated alkanes) is 1. The van der Waals surface area contributed by atoms with Crippen LogP contribution in [-0.2, 0) is 100 Å². The van der Waals surface area contributed by atoms with Gasteiger partial charge in [-0.15, -0.1) is 0 Å². The van der Waals surface area contributed by atoms with Crippen LogP contribution in [0.15, 0.2) is 193 Å². The number of hydrogen-bond acceptors (Lipinski definition) is 18. The van der Waals surface area contributed by atoms with Gasteiger partial charge >= 0.3 is 6.09 Å². The van der Waals surface area contributed by atoms with E-state index in [9.17, 15) is 37.2 Å². The molecule has 0 aromatic heterocycles. The van der Waals surface area contributed by atoms with Gasteiger partial charge in [0.25, 0.3) is 10.0 Å². The van der Waals surface area contributed by atoms with Crippen molar-refractivity contribution in [2.24, 2.45) is 11.5 Å². The van der Waals surface area contributed by atoms with Gasteiger partial charge in [-0.2, -0.15) is 23.5 Å². The van der Waals surface area contributed by atoms with Crippen molar-refractivity contribution in [3.8, 4) is 5.75 Å². The zero-order chi connectivity index (χ0) is 84.1. The molecule has 0 saturated carbocycles. The molecule has 0 aliphatic carbocycles. The smallest absolute Gasteiger partial charge is 0.407 e. The van der Waals surface area contributed by atoms with Crippen LogP contribution in [-0.4, -0.2) is 164 Å². The fourth-order valence-electron chi connectivity index (χ4n) is 12.4. The Balaban J connectivity index is 1.02. The van der Waals surface area contributed by atoms with Crippen LogP contribution in [0.5, 0.6) is 5.75 Å². The fraction of sp³-hybridized carbons (Fsp3) is 0.357. The molecule has 1 saturated heterocycles. The van der Waals surface area contributed by atoms with Crippen molar-refractivity contribution in [2.75, 3.05) is 37.7 Å². The first-order valence-corrected chi connectivity index (χ1v) is 42.5. The third-order valence-corrected chi connectivity index (χ3v) is 22.5. The van der Waals surface area contributed by atoms with Gasteiger partial charge in [0.15, 0.2) is 0 Å². The van der Waals surface area contributed by atoms with Crippen LogP contribution in [0.1, 0.15) is 102 Å². The molecule has 1 aliphatic rings. The minimum absolute atomic E-state index is 0.00598. The highest BCUT2D eigenvalue weighted by Gasteiger charge is 2.41. The number of thioether (sulfide) groups is 2. The molecule has 0 unspecified atom stereocenters. The Morgan fingerprint density at radius 3 is 1.70 bits per heavy atom. The van der Waals surface area contributed by atoms with E-state index >= 15 is 24.0 Å². The van der Waals surface area contributed by atoms with E-state index in [0.29, 0.717) is 64.2 Å². The molecular formula is C84H101ClN14O15S3. The number of primary amides is 2. The first-order chi connectivity index (χ1) is 56.2. The normalized spacial score (nSPS) is 13.9. The van der Waals surface area contributed by atoms with E-state index in [1.165, 1.54) is 40.6 Å². The number of hydrogen-bond donors (Lipinski definition) is 13. The van der Waals surface area contributed by atoms with Crippen molar-refractivity contribution >= 4 is 116 Å². The summed E-state index contributed by atoms with van der Waals surface area (Å²) in [5, 5.41) is 33.2. The summed E-state index contributed by atoms with van der Waals surface area (Å²) in [6.07, 6.45) is -1.17. The van der Waals surface area contributed by atoms with Gasteiger partial charge in [-0.25, -0.2) is 17.9 Å². The maximum absolute atomic E-state index is 15.3. The largest absolute Gasteiger partial charge is 0.489 e. The highest BCUT2D eigenvalue weighted by molar-refractivity contribution is 7.98. The monoisotopic (exact) mass is 1680 g/mol. The summed E-state index contributed by atoms with van der Waals surface area (Å²) >= 11 is 8.98. The Labute approximate surface area is 694 Å². The van der Waals surface area contributed by atoms with Gasteiger partial charge in [0.1, 0.15) is 61.3 Å². The van der Waals surface area contributed by atoms with Crippen molar-refractivity contribution in [1.29, 1.82) is 5.41 Å². The maximum Gasteiger partial charge on any atom is 0.407 e. The SMILES string of the molecule is Cc1ccc(CSCCC(=O)N[C@@H](Cc2ccc(OCc3ccccc3)cc2)C(=O)N[C@@H](Cc2ccccc2)C(=O)N[C@@H](CCCNC(=N)NS(=O)(=O)c2ccc(C)cc2)C(=O)N[C@@H](CC(N)=O)C(=O)N[C@@H](CSCc2ccccc2)C(=O)N2CCC[C@H]2C(=O)N[C@@H](CCCCNC(=O)OCc2ccccc2Cl)C(=O)NCC(N)=O)cc1. The number of benzene rings is 7. The molecule has 7 aromatic carbocycles. The second-order valence-electron chi connectivity index (χ2n) is 28.0. The summed E-state index contributed by atoms with van der Waals surface area (Å²) in [5.41, 5.74) is 17.7. The maximum atomic E-state index is 15.3. The Morgan fingerprint density at radius 1 is 0.530 bits per heavy atom. The molecule has 29 nitrogen and oxygen atoms in total. The summed E-state index contributed by atoms with van der Waals surface area (Å²) in [6, 6.07) is 45.0. The summed E-state index contributed by atoms with van der Waals surface area (Å²) in [4.78, 5) is 156. The lowest BCUT2D eigenvalue weighted by Crippen LogP contribution is -2.61. The standard InChI is InChI=1S/C84H101ClN14O15S3/c1-55-29-33-61(34-30-55)52-115-45-41-75(102)92-68(47-58-35-37-63(38-36-58)113-50-59-20-8-4-9-21-59)78(105)95-69(46-57-18-6-3-7-19-57)79(106)93-67(27-16-43-89-83(88)98-117(111,112)64-39-31-56(2)32-40-64)77(104)96-70(48-73(86)100)80(107)97-71(54-116-53-60-22-10-5-11-23-60)82(109)99-44-17-28-72(99)81(108)94-66(76(103)91-49-74(87)101)26-14-15-42-90-84(110)114-51-62-24-12-13-25-65(62)85/h3-13,18-25,29-40,66-72H,14-17,26-28,41-54H2,1-2H3,(H2,86,100)(H2,87,101)(H,90,110)(H,91,103)(H,92,102)(H,93,106)(H,94,108)(H,95,105)(H,96,104)(H,97,107)(H3,88,89,98)/t66-,67-,68-,69-,70-,71-,72-/m0/s1. The van der Waals surface area contributed by atoms with Crippen LogP contribution in [0.4, 0.5) is 4.79 Å². The molecule has 7 aromatic rings. The van der Waals surface area contributed by atoms with E-state index in [2.05, 4.69) is 52.6 Å². The van der Waals surface area contributed by atoms with Crippen molar-refractivity contribution in [3.63, 3.8) is 0 Å². The molecule has 1 heterocycles. The number of likely N-dealkylation sites (tertiary alicyclic amines) is 1. The molecule has 15 N–H and O–H groups in total. The number of carbonyl (C=O) groups excluding carboxylic acids is 11. The first-order valence-electron chi connectivity index (χ1n) is 38.3. The van der Waals surface area contributed by atoms with E-state index in [4.69, 9.17) is 38.0 Å². The van der Waals surface area contributed by atoms with Gasteiger partial charge in [-0.1, -0.05) is 180 Å². The lowest BCUT2D eigenvalue weighted by Gasteiger charge is -2.31. The zero-order valence-electron chi connectivity index (χ0n) is 65.1. The number of amides is 11. The number of halogens is 1.